The van der Waals surface area contributed by atoms with Crippen LogP contribution in [0.1, 0.15) is 39.5 Å². The summed E-state index contributed by atoms with van der Waals surface area (Å²) in [6.45, 7) is 6.43. The highest BCUT2D eigenvalue weighted by Crippen LogP contribution is 2.27. The number of methoxy groups -OCH3 is 1. The van der Waals surface area contributed by atoms with Crippen LogP contribution in [0, 0.1) is 0 Å². The molecule has 24 heavy (non-hydrogen) atoms. The standard InChI is InChI=1S/C18H29N5O/c1-13(2)23(14-5-4-6-14)11-15(24-3)7-9-22-10-8-16-17(19)20-12-21-18(16)22/h8,10,12-15H,4-7,9,11H2,1-3H3,(H2,19,20,21). The van der Waals surface area contributed by atoms with Crippen LogP contribution in [0.3, 0.4) is 0 Å². The van der Waals surface area contributed by atoms with Crippen molar-refractivity contribution in [3.63, 3.8) is 0 Å². The van der Waals surface area contributed by atoms with Crippen molar-refractivity contribution in [3.8, 4) is 0 Å². The predicted molar refractivity (Wildman–Crippen MR) is 96.8 cm³/mol. The first kappa shape index (κ1) is 17.2. The molecule has 0 saturated heterocycles. The molecule has 0 aliphatic heterocycles. The van der Waals surface area contributed by atoms with Crippen molar-refractivity contribution in [3.05, 3.63) is 18.6 Å². The van der Waals surface area contributed by atoms with Crippen LogP contribution in [0.15, 0.2) is 18.6 Å². The highest BCUT2D eigenvalue weighted by atomic mass is 16.5. The molecule has 2 heterocycles. The molecular weight excluding hydrogens is 302 g/mol. The number of nitrogens with zero attached hydrogens (tertiary/aromatic N) is 4. The van der Waals surface area contributed by atoms with Gasteiger partial charge in [0.15, 0.2) is 0 Å². The fraction of sp³-hybridized carbons (Fsp3) is 0.667. The van der Waals surface area contributed by atoms with Crippen LogP contribution in [-0.4, -0.2) is 51.3 Å². The normalized spacial score (nSPS) is 16.9. The van der Waals surface area contributed by atoms with Gasteiger partial charge < -0.3 is 15.0 Å². The highest BCUT2D eigenvalue weighted by Gasteiger charge is 2.28. The first-order valence-electron chi connectivity index (χ1n) is 8.94. The summed E-state index contributed by atoms with van der Waals surface area (Å²) in [5, 5.41) is 0.921. The lowest BCUT2D eigenvalue weighted by Gasteiger charge is -2.41. The number of aryl methyl sites for hydroxylation is 1. The van der Waals surface area contributed by atoms with Gasteiger partial charge in [0, 0.05) is 38.5 Å². The van der Waals surface area contributed by atoms with Gasteiger partial charge in [0.2, 0.25) is 0 Å². The van der Waals surface area contributed by atoms with E-state index >= 15 is 0 Å². The summed E-state index contributed by atoms with van der Waals surface area (Å²) in [5.41, 5.74) is 6.81. The molecule has 0 bridgehead atoms. The molecule has 1 unspecified atom stereocenters. The summed E-state index contributed by atoms with van der Waals surface area (Å²) in [5.74, 6) is 0.540. The van der Waals surface area contributed by atoms with Gasteiger partial charge in [-0.25, -0.2) is 9.97 Å². The van der Waals surface area contributed by atoms with E-state index in [0.29, 0.717) is 11.9 Å². The number of fused-ring (bicyclic) bond motifs is 1. The van der Waals surface area contributed by atoms with Gasteiger partial charge >= 0.3 is 0 Å². The van der Waals surface area contributed by atoms with Crippen molar-refractivity contribution in [2.45, 2.75) is 64.3 Å². The van der Waals surface area contributed by atoms with Crippen LogP contribution >= 0.6 is 0 Å². The van der Waals surface area contributed by atoms with E-state index < -0.39 is 0 Å². The van der Waals surface area contributed by atoms with E-state index in [0.717, 1.165) is 36.6 Å². The number of anilines is 1. The molecule has 3 rings (SSSR count). The van der Waals surface area contributed by atoms with Gasteiger partial charge in [0.25, 0.3) is 0 Å². The highest BCUT2D eigenvalue weighted by molar-refractivity contribution is 5.85. The summed E-state index contributed by atoms with van der Waals surface area (Å²) in [6, 6.07) is 3.29. The molecule has 6 nitrogen and oxygen atoms in total. The van der Waals surface area contributed by atoms with E-state index in [1.54, 1.807) is 0 Å². The summed E-state index contributed by atoms with van der Waals surface area (Å²) in [7, 11) is 1.82. The van der Waals surface area contributed by atoms with Gasteiger partial charge in [0.1, 0.15) is 17.8 Å². The monoisotopic (exact) mass is 331 g/mol. The van der Waals surface area contributed by atoms with Crippen molar-refractivity contribution < 1.29 is 4.74 Å². The summed E-state index contributed by atoms with van der Waals surface area (Å²) in [6.07, 6.45) is 8.76. The van der Waals surface area contributed by atoms with Gasteiger partial charge in [0.05, 0.1) is 11.5 Å². The summed E-state index contributed by atoms with van der Waals surface area (Å²) >= 11 is 0. The maximum Gasteiger partial charge on any atom is 0.145 e. The van der Waals surface area contributed by atoms with E-state index in [1.165, 1.54) is 25.6 Å². The Morgan fingerprint density at radius 2 is 2.17 bits per heavy atom. The summed E-state index contributed by atoms with van der Waals surface area (Å²) < 4.78 is 7.91. The molecule has 132 valence electrons. The minimum absolute atomic E-state index is 0.227. The Kier molecular flexibility index (Phi) is 5.36. The zero-order valence-corrected chi connectivity index (χ0v) is 15.0. The molecule has 2 aromatic heterocycles. The topological polar surface area (TPSA) is 69.2 Å². The first-order valence-corrected chi connectivity index (χ1v) is 8.94. The van der Waals surface area contributed by atoms with Crippen molar-refractivity contribution >= 4 is 16.9 Å². The van der Waals surface area contributed by atoms with Crippen molar-refractivity contribution in [2.24, 2.45) is 0 Å². The number of ether oxygens (including phenoxy) is 1. The van der Waals surface area contributed by atoms with Gasteiger partial charge in [-0.1, -0.05) is 6.42 Å². The van der Waals surface area contributed by atoms with Gasteiger partial charge in [-0.3, -0.25) is 4.90 Å². The largest absolute Gasteiger partial charge is 0.383 e. The molecular formula is C18H29N5O. The molecule has 0 spiro atoms. The van der Waals surface area contributed by atoms with E-state index in [1.807, 2.05) is 19.4 Å². The smallest absolute Gasteiger partial charge is 0.145 e. The number of nitrogens with two attached hydrogens (primary N) is 1. The maximum atomic E-state index is 5.91. The fourth-order valence-electron chi connectivity index (χ4n) is 3.51. The molecule has 2 aromatic rings. The fourth-order valence-corrected chi connectivity index (χ4v) is 3.51. The van der Waals surface area contributed by atoms with E-state index in [9.17, 15) is 0 Å². The van der Waals surface area contributed by atoms with Crippen LogP contribution < -0.4 is 5.73 Å². The second-order valence-electron chi connectivity index (χ2n) is 7.03. The SMILES string of the molecule is COC(CCn1ccc2c(N)ncnc21)CN(C(C)C)C1CCC1. The van der Waals surface area contributed by atoms with Gasteiger partial charge in [-0.05, 0) is 39.2 Å². The lowest BCUT2D eigenvalue weighted by atomic mass is 9.90. The zero-order valence-electron chi connectivity index (χ0n) is 15.0. The van der Waals surface area contributed by atoms with Crippen LogP contribution in [-0.2, 0) is 11.3 Å². The zero-order chi connectivity index (χ0) is 17.1. The number of nitrogen functional groups attached to an aromatic ring is 1. The molecule has 0 amide bonds. The molecule has 0 radical (unpaired) electrons. The van der Waals surface area contributed by atoms with Crippen LogP contribution in [0.4, 0.5) is 5.82 Å². The second-order valence-corrected chi connectivity index (χ2v) is 7.03. The third kappa shape index (κ3) is 3.54. The Hall–Kier alpha value is -1.66. The quantitative estimate of drug-likeness (QED) is 0.805. The third-order valence-corrected chi connectivity index (χ3v) is 5.23. The van der Waals surface area contributed by atoms with Crippen LogP contribution in [0.25, 0.3) is 11.0 Å². The molecule has 1 saturated carbocycles. The lowest BCUT2D eigenvalue weighted by Crippen LogP contribution is -2.48. The Morgan fingerprint density at radius 3 is 2.79 bits per heavy atom. The Bertz CT molecular complexity index is 664. The average molecular weight is 331 g/mol. The molecule has 1 aliphatic carbocycles. The Balaban J connectivity index is 1.63. The number of rotatable bonds is 8. The minimum Gasteiger partial charge on any atom is -0.383 e. The van der Waals surface area contributed by atoms with Gasteiger partial charge in [-0.15, -0.1) is 0 Å². The van der Waals surface area contributed by atoms with Crippen LogP contribution in [0.2, 0.25) is 0 Å². The summed E-state index contributed by atoms with van der Waals surface area (Å²) in [4.78, 5) is 11.0. The first-order chi connectivity index (χ1) is 11.6. The molecule has 1 aliphatic rings. The molecule has 2 N–H and O–H groups in total. The predicted octanol–water partition coefficient (Wildman–Crippen LogP) is 2.68. The molecule has 6 heteroatoms. The number of hydrogen-bond donors (Lipinski definition) is 1. The average Bonchev–Trinajstić information content (AvgIpc) is 2.93. The Morgan fingerprint density at radius 1 is 1.38 bits per heavy atom. The Labute approximate surface area is 144 Å². The minimum atomic E-state index is 0.227. The third-order valence-electron chi connectivity index (χ3n) is 5.23. The van der Waals surface area contributed by atoms with E-state index in [-0.39, 0.29) is 6.10 Å². The molecule has 1 fully saturated rings. The number of aromatic nitrogens is 3. The second kappa shape index (κ2) is 7.49. The lowest BCUT2D eigenvalue weighted by molar-refractivity contribution is 0.00960. The number of hydrogen-bond acceptors (Lipinski definition) is 5. The molecule has 0 aromatic carbocycles. The van der Waals surface area contributed by atoms with Crippen LogP contribution in [0.5, 0.6) is 0 Å². The van der Waals surface area contributed by atoms with E-state index in [4.69, 9.17) is 10.5 Å². The van der Waals surface area contributed by atoms with E-state index in [2.05, 4.69) is 33.3 Å². The van der Waals surface area contributed by atoms with Crippen molar-refractivity contribution in [1.82, 2.24) is 19.4 Å². The van der Waals surface area contributed by atoms with Crippen molar-refractivity contribution in [1.29, 1.82) is 0 Å². The van der Waals surface area contributed by atoms with Crippen molar-refractivity contribution in [2.75, 3.05) is 19.4 Å². The molecule has 1 atom stereocenters. The maximum absolute atomic E-state index is 5.91. The van der Waals surface area contributed by atoms with Gasteiger partial charge in [-0.2, -0.15) is 0 Å².